The minimum absolute atomic E-state index is 0. The zero-order valence-corrected chi connectivity index (χ0v) is 18.1. The lowest BCUT2D eigenvalue weighted by Gasteiger charge is -2.13. The molecule has 0 aliphatic rings. The van der Waals surface area contributed by atoms with Crippen LogP contribution in [0.4, 0.5) is 4.39 Å². The number of hydrogen-bond donors (Lipinski definition) is 3. The molecule has 0 aromatic heterocycles. The molecule has 28 heavy (non-hydrogen) atoms. The zero-order valence-electron chi connectivity index (χ0n) is 15.8. The Morgan fingerprint density at radius 3 is 2.68 bits per heavy atom. The SMILES string of the molecule is CN=C(NCCc1cccc(C(=O)NC)c1)NCc1cc(C#N)ccc1F.I. The fourth-order valence-electron chi connectivity index (χ4n) is 2.52. The van der Waals surface area contributed by atoms with Gasteiger partial charge in [0.1, 0.15) is 5.82 Å². The number of nitriles is 1. The molecule has 8 heteroatoms. The summed E-state index contributed by atoms with van der Waals surface area (Å²) in [5.74, 6) is 0.0334. The van der Waals surface area contributed by atoms with E-state index in [2.05, 4.69) is 20.9 Å². The summed E-state index contributed by atoms with van der Waals surface area (Å²) in [6.45, 7) is 0.810. The summed E-state index contributed by atoms with van der Waals surface area (Å²) in [6, 6.07) is 13.6. The average molecular weight is 495 g/mol. The van der Waals surface area contributed by atoms with Crippen LogP contribution in [0.25, 0.3) is 0 Å². The van der Waals surface area contributed by atoms with Crippen LogP contribution in [0, 0.1) is 17.1 Å². The molecule has 0 saturated heterocycles. The second kappa shape index (κ2) is 11.9. The Labute approximate surface area is 181 Å². The molecule has 0 fully saturated rings. The van der Waals surface area contributed by atoms with Crippen LogP contribution in [0.1, 0.15) is 27.0 Å². The first-order valence-corrected chi connectivity index (χ1v) is 8.51. The predicted octanol–water partition coefficient (Wildman–Crippen LogP) is 2.58. The number of halogens is 2. The molecule has 2 aromatic rings. The number of hydrogen-bond acceptors (Lipinski definition) is 3. The monoisotopic (exact) mass is 495 g/mol. The van der Waals surface area contributed by atoms with Gasteiger partial charge in [0.2, 0.25) is 0 Å². The van der Waals surface area contributed by atoms with Crippen molar-refractivity contribution in [3.63, 3.8) is 0 Å². The van der Waals surface area contributed by atoms with E-state index in [9.17, 15) is 9.18 Å². The molecule has 2 aromatic carbocycles. The van der Waals surface area contributed by atoms with Gasteiger partial charge in [0.15, 0.2) is 5.96 Å². The first-order valence-electron chi connectivity index (χ1n) is 8.51. The lowest BCUT2D eigenvalue weighted by molar-refractivity contribution is 0.0963. The van der Waals surface area contributed by atoms with Crippen molar-refractivity contribution in [3.05, 3.63) is 70.5 Å². The summed E-state index contributed by atoms with van der Waals surface area (Å²) < 4.78 is 13.8. The number of nitrogens with zero attached hydrogens (tertiary/aromatic N) is 2. The van der Waals surface area contributed by atoms with Gasteiger partial charge in [-0.15, -0.1) is 24.0 Å². The highest BCUT2D eigenvalue weighted by Crippen LogP contribution is 2.10. The summed E-state index contributed by atoms with van der Waals surface area (Å²) >= 11 is 0. The van der Waals surface area contributed by atoms with E-state index in [0.717, 1.165) is 5.56 Å². The van der Waals surface area contributed by atoms with E-state index in [1.165, 1.54) is 18.2 Å². The van der Waals surface area contributed by atoms with Crippen LogP contribution in [0.15, 0.2) is 47.5 Å². The lowest BCUT2D eigenvalue weighted by Crippen LogP contribution is -2.38. The molecule has 0 spiro atoms. The Kier molecular flexibility index (Phi) is 9.95. The fraction of sp³-hybridized carbons (Fsp3) is 0.250. The van der Waals surface area contributed by atoms with Gasteiger partial charge >= 0.3 is 0 Å². The number of carbonyl (C=O) groups is 1. The van der Waals surface area contributed by atoms with Crippen LogP contribution in [-0.4, -0.2) is 32.5 Å². The average Bonchev–Trinajstić information content (AvgIpc) is 2.71. The highest BCUT2D eigenvalue weighted by Gasteiger charge is 2.06. The smallest absolute Gasteiger partial charge is 0.251 e. The van der Waals surface area contributed by atoms with E-state index >= 15 is 0 Å². The predicted molar refractivity (Wildman–Crippen MR) is 118 cm³/mol. The summed E-state index contributed by atoms with van der Waals surface area (Å²) in [6.07, 6.45) is 0.698. The maximum Gasteiger partial charge on any atom is 0.251 e. The van der Waals surface area contributed by atoms with Crippen molar-refractivity contribution >= 4 is 35.8 Å². The molecule has 0 heterocycles. The number of aliphatic imine (C=N–C) groups is 1. The molecule has 0 aliphatic carbocycles. The highest BCUT2D eigenvalue weighted by atomic mass is 127. The maximum atomic E-state index is 13.8. The minimum atomic E-state index is -0.372. The third kappa shape index (κ3) is 6.81. The van der Waals surface area contributed by atoms with E-state index in [4.69, 9.17) is 5.26 Å². The van der Waals surface area contributed by atoms with E-state index in [0.29, 0.717) is 35.6 Å². The zero-order chi connectivity index (χ0) is 19.6. The van der Waals surface area contributed by atoms with Crippen molar-refractivity contribution in [2.75, 3.05) is 20.6 Å². The second-order valence-electron chi connectivity index (χ2n) is 5.80. The first-order chi connectivity index (χ1) is 13.1. The molecule has 0 bridgehead atoms. The molecule has 0 unspecified atom stereocenters. The van der Waals surface area contributed by atoms with E-state index < -0.39 is 0 Å². The van der Waals surface area contributed by atoms with Crippen LogP contribution in [0.2, 0.25) is 0 Å². The van der Waals surface area contributed by atoms with Crippen molar-refractivity contribution in [1.82, 2.24) is 16.0 Å². The number of benzene rings is 2. The quantitative estimate of drug-likeness (QED) is 0.327. The van der Waals surface area contributed by atoms with Gasteiger partial charge in [0, 0.05) is 38.3 Å². The van der Waals surface area contributed by atoms with E-state index in [-0.39, 0.29) is 42.2 Å². The molecule has 2 rings (SSSR count). The van der Waals surface area contributed by atoms with Gasteiger partial charge in [0.05, 0.1) is 11.6 Å². The maximum absolute atomic E-state index is 13.8. The summed E-state index contributed by atoms with van der Waals surface area (Å²) in [4.78, 5) is 15.8. The Balaban J connectivity index is 0.00000392. The van der Waals surface area contributed by atoms with Crippen molar-refractivity contribution < 1.29 is 9.18 Å². The van der Waals surface area contributed by atoms with Gasteiger partial charge in [-0.2, -0.15) is 5.26 Å². The van der Waals surface area contributed by atoms with Gasteiger partial charge in [-0.25, -0.2) is 4.39 Å². The van der Waals surface area contributed by atoms with Crippen molar-refractivity contribution in [2.45, 2.75) is 13.0 Å². The molecule has 0 radical (unpaired) electrons. The normalized spacial score (nSPS) is 10.4. The second-order valence-corrected chi connectivity index (χ2v) is 5.80. The lowest BCUT2D eigenvalue weighted by atomic mass is 10.1. The highest BCUT2D eigenvalue weighted by molar-refractivity contribution is 14.0. The van der Waals surface area contributed by atoms with Crippen LogP contribution < -0.4 is 16.0 Å². The summed E-state index contributed by atoms with van der Waals surface area (Å²) in [5.41, 5.74) is 2.44. The third-order valence-corrected chi connectivity index (χ3v) is 3.97. The van der Waals surface area contributed by atoms with Gasteiger partial charge in [-0.1, -0.05) is 12.1 Å². The topological polar surface area (TPSA) is 89.3 Å². The minimum Gasteiger partial charge on any atom is -0.356 e. The molecule has 0 saturated carbocycles. The molecule has 6 nitrogen and oxygen atoms in total. The van der Waals surface area contributed by atoms with Crippen molar-refractivity contribution in [2.24, 2.45) is 4.99 Å². The Morgan fingerprint density at radius 1 is 1.21 bits per heavy atom. The molecular formula is C20H23FIN5O. The third-order valence-electron chi connectivity index (χ3n) is 3.97. The van der Waals surface area contributed by atoms with Crippen LogP contribution in [0.3, 0.4) is 0 Å². The van der Waals surface area contributed by atoms with Crippen molar-refractivity contribution in [3.8, 4) is 6.07 Å². The Hall–Kier alpha value is -2.67. The van der Waals surface area contributed by atoms with Gasteiger partial charge in [-0.3, -0.25) is 9.79 Å². The number of guanidine groups is 1. The molecule has 3 N–H and O–H groups in total. The van der Waals surface area contributed by atoms with Crippen LogP contribution in [-0.2, 0) is 13.0 Å². The van der Waals surface area contributed by atoms with Gasteiger partial charge in [0.25, 0.3) is 5.91 Å². The van der Waals surface area contributed by atoms with Gasteiger partial charge < -0.3 is 16.0 Å². The Morgan fingerprint density at radius 2 is 2.00 bits per heavy atom. The standard InChI is InChI=1S/C20H22FN5O.HI/c1-23-19(27)16-5-3-4-14(10-16)8-9-25-20(24-2)26-13-17-11-15(12-22)6-7-18(17)21;/h3-7,10-11H,8-9,13H2,1-2H3,(H,23,27)(H2,24,25,26);1H. The largest absolute Gasteiger partial charge is 0.356 e. The summed E-state index contributed by atoms with van der Waals surface area (Å²) in [5, 5.41) is 17.7. The van der Waals surface area contributed by atoms with Crippen molar-refractivity contribution in [1.29, 1.82) is 5.26 Å². The molecule has 1 amide bonds. The molecule has 0 aliphatic heterocycles. The van der Waals surface area contributed by atoms with Gasteiger partial charge in [-0.05, 0) is 42.3 Å². The fourth-order valence-corrected chi connectivity index (χ4v) is 2.52. The number of amides is 1. The van der Waals surface area contributed by atoms with Crippen LogP contribution >= 0.6 is 24.0 Å². The molecular weight excluding hydrogens is 472 g/mol. The van der Waals surface area contributed by atoms with E-state index in [1.54, 1.807) is 20.2 Å². The van der Waals surface area contributed by atoms with E-state index in [1.807, 2.05) is 24.3 Å². The molecule has 148 valence electrons. The van der Waals surface area contributed by atoms with Crippen LogP contribution in [0.5, 0.6) is 0 Å². The first kappa shape index (κ1) is 23.4. The number of rotatable bonds is 6. The summed E-state index contributed by atoms with van der Waals surface area (Å²) in [7, 11) is 3.23. The number of carbonyl (C=O) groups excluding carboxylic acids is 1. The number of nitrogens with one attached hydrogen (secondary N) is 3. The molecule has 0 atom stereocenters. The Bertz CT molecular complexity index is 879.